The molecule has 0 spiro atoms. The predicted octanol–water partition coefficient (Wildman–Crippen LogP) is 3.22. The van der Waals surface area contributed by atoms with Gasteiger partial charge in [0.2, 0.25) is 0 Å². The maximum Gasteiger partial charge on any atom is 0.141 e. The SMILES string of the molecule is COc1ccccc1N[C@@H]1C=CCCC1. The average Bonchev–Trinajstić information content (AvgIpc) is 2.31. The van der Waals surface area contributed by atoms with Gasteiger partial charge in [-0.2, -0.15) is 0 Å². The number of hydrogen-bond acceptors (Lipinski definition) is 2. The molecular weight excluding hydrogens is 186 g/mol. The molecule has 1 aromatic rings. The van der Waals surface area contributed by atoms with Crippen LogP contribution < -0.4 is 10.1 Å². The number of hydrogen-bond donors (Lipinski definition) is 1. The van der Waals surface area contributed by atoms with Gasteiger partial charge in [0, 0.05) is 6.04 Å². The Balaban J connectivity index is 2.09. The van der Waals surface area contributed by atoms with E-state index < -0.39 is 0 Å². The Morgan fingerprint density at radius 1 is 1.33 bits per heavy atom. The smallest absolute Gasteiger partial charge is 0.141 e. The van der Waals surface area contributed by atoms with Crippen LogP contribution in [0.3, 0.4) is 0 Å². The van der Waals surface area contributed by atoms with E-state index >= 15 is 0 Å². The zero-order chi connectivity index (χ0) is 10.5. The Kier molecular flexibility index (Phi) is 3.28. The lowest BCUT2D eigenvalue weighted by Crippen LogP contribution is -2.18. The predicted molar refractivity (Wildman–Crippen MR) is 63.4 cm³/mol. The van der Waals surface area contributed by atoms with E-state index in [0.29, 0.717) is 6.04 Å². The minimum absolute atomic E-state index is 0.454. The van der Waals surface area contributed by atoms with Crippen molar-refractivity contribution in [2.24, 2.45) is 0 Å². The molecular formula is C13H17NO. The fraction of sp³-hybridized carbons (Fsp3) is 0.385. The summed E-state index contributed by atoms with van der Waals surface area (Å²) in [6, 6.07) is 8.50. The maximum absolute atomic E-state index is 5.30. The highest BCUT2D eigenvalue weighted by atomic mass is 16.5. The molecule has 0 saturated heterocycles. The molecule has 0 saturated carbocycles. The lowest BCUT2D eigenvalue weighted by molar-refractivity contribution is 0.416. The summed E-state index contributed by atoms with van der Waals surface area (Å²) in [4.78, 5) is 0. The first-order valence-electron chi connectivity index (χ1n) is 5.46. The Hall–Kier alpha value is -1.44. The number of allylic oxidation sites excluding steroid dienone is 1. The Bertz CT molecular complexity index is 346. The fourth-order valence-corrected chi connectivity index (χ4v) is 1.90. The third-order valence-corrected chi connectivity index (χ3v) is 2.70. The highest BCUT2D eigenvalue weighted by Gasteiger charge is 2.09. The summed E-state index contributed by atoms with van der Waals surface area (Å²) in [5.74, 6) is 0.913. The molecule has 0 aromatic heterocycles. The van der Waals surface area contributed by atoms with Gasteiger partial charge in [0.1, 0.15) is 5.75 Å². The normalized spacial score (nSPS) is 19.9. The lowest BCUT2D eigenvalue weighted by Gasteiger charge is -2.20. The van der Waals surface area contributed by atoms with Gasteiger partial charge in [-0.25, -0.2) is 0 Å². The van der Waals surface area contributed by atoms with Crippen molar-refractivity contribution in [3.8, 4) is 5.75 Å². The van der Waals surface area contributed by atoms with Crippen LogP contribution in [-0.4, -0.2) is 13.2 Å². The molecule has 1 aromatic carbocycles. The highest BCUT2D eigenvalue weighted by Crippen LogP contribution is 2.25. The van der Waals surface area contributed by atoms with Gasteiger partial charge in [-0.05, 0) is 31.4 Å². The van der Waals surface area contributed by atoms with Gasteiger partial charge in [0.25, 0.3) is 0 Å². The minimum Gasteiger partial charge on any atom is -0.495 e. The molecule has 0 bridgehead atoms. The molecule has 2 nitrogen and oxygen atoms in total. The Morgan fingerprint density at radius 2 is 2.20 bits per heavy atom. The van der Waals surface area contributed by atoms with Crippen molar-refractivity contribution < 1.29 is 4.74 Å². The lowest BCUT2D eigenvalue weighted by atomic mass is 10.0. The van der Waals surface area contributed by atoms with Crippen molar-refractivity contribution >= 4 is 5.69 Å². The van der Waals surface area contributed by atoms with Crippen LogP contribution in [-0.2, 0) is 0 Å². The number of anilines is 1. The maximum atomic E-state index is 5.30. The molecule has 0 radical (unpaired) electrons. The summed E-state index contributed by atoms with van der Waals surface area (Å²) < 4.78 is 5.30. The first-order valence-corrected chi connectivity index (χ1v) is 5.46. The Morgan fingerprint density at radius 3 is 2.93 bits per heavy atom. The third-order valence-electron chi connectivity index (χ3n) is 2.70. The summed E-state index contributed by atoms with van der Waals surface area (Å²) in [5, 5.41) is 3.49. The molecule has 0 unspecified atom stereocenters. The number of nitrogens with one attached hydrogen (secondary N) is 1. The van der Waals surface area contributed by atoms with Crippen LogP contribution in [0.2, 0.25) is 0 Å². The second-order valence-electron chi connectivity index (χ2n) is 3.81. The first kappa shape index (κ1) is 10.1. The summed E-state index contributed by atoms with van der Waals surface area (Å²) in [7, 11) is 1.71. The summed E-state index contributed by atoms with van der Waals surface area (Å²) >= 11 is 0. The largest absolute Gasteiger partial charge is 0.495 e. The molecule has 1 aliphatic carbocycles. The van der Waals surface area contributed by atoms with Crippen molar-refractivity contribution in [1.29, 1.82) is 0 Å². The van der Waals surface area contributed by atoms with Crippen molar-refractivity contribution in [2.45, 2.75) is 25.3 Å². The molecule has 0 aliphatic heterocycles. The molecule has 2 heteroatoms. The zero-order valence-electron chi connectivity index (χ0n) is 9.07. The monoisotopic (exact) mass is 203 g/mol. The van der Waals surface area contributed by atoms with Gasteiger partial charge in [0.05, 0.1) is 12.8 Å². The number of ether oxygens (including phenoxy) is 1. The van der Waals surface area contributed by atoms with Crippen molar-refractivity contribution in [3.05, 3.63) is 36.4 Å². The molecule has 1 atom stereocenters. The van der Waals surface area contributed by atoms with Crippen LogP contribution in [0.1, 0.15) is 19.3 Å². The van der Waals surface area contributed by atoms with Gasteiger partial charge < -0.3 is 10.1 Å². The van der Waals surface area contributed by atoms with E-state index in [4.69, 9.17) is 4.74 Å². The van der Waals surface area contributed by atoms with Crippen LogP contribution >= 0.6 is 0 Å². The molecule has 15 heavy (non-hydrogen) atoms. The third kappa shape index (κ3) is 2.52. The van der Waals surface area contributed by atoms with Crippen LogP contribution in [0.4, 0.5) is 5.69 Å². The quantitative estimate of drug-likeness (QED) is 0.762. The van der Waals surface area contributed by atoms with Gasteiger partial charge in [-0.3, -0.25) is 0 Å². The number of rotatable bonds is 3. The molecule has 1 N–H and O–H groups in total. The van der Waals surface area contributed by atoms with Crippen LogP contribution in [0, 0.1) is 0 Å². The number of benzene rings is 1. The number of methoxy groups -OCH3 is 1. The van der Waals surface area contributed by atoms with Crippen molar-refractivity contribution in [2.75, 3.05) is 12.4 Å². The number of para-hydroxylation sites is 2. The Labute approximate surface area is 91.0 Å². The van der Waals surface area contributed by atoms with Gasteiger partial charge in [-0.15, -0.1) is 0 Å². The van der Waals surface area contributed by atoms with E-state index in [2.05, 4.69) is 23.5 Å². The molecule has 2 rings (SSSR count). The average molecular weight is 203 g/mol. The molecule has 0 heterocycles. The van der Waals surface area contributed by atoms with E-state index in [0.717, 1.165) is 11.4 Å². The standard InChI is InChI=1S/C13H17NO/c1-15-13-10-6-5-9-12(13)14-11-7-3-2-4-8-11/h3,5-7,9-11,14H,2,4,8H2,1H3/t11-/m1/s1. The molecule has 0 amide bonds. The fourth-order valence-electron chi connectivity index (χ4n) is 1.90. The van der Waals surface area contributed by atoms with Gasteiger partial charge in [-0.1, -0.05) is 24.3 Å². The summed E-state index contributed by atoms with van der Waals surface area (Å²) in [5.41, 5.74) is 1.08. The van der Waals surface area contributed by atoms with Crippen LogP contribution in [0.25, 0.3) is 0 Å². The summed E-state index contributed by atoms with van der Waals surface area (Å²) in [6.07, 6.45) is 8.18. The second kappa shape index (κ2) is 4.87. The zero-order valence-corrected chi connectivity index (χ0v) is 9.07. The van der Waals surface area contributed by atoms with Crippen LogP contribution in [0.15, 0.2) is 36.4 Å². The minimum atomic E-state index is 0.454. The van der Waals surface area contributed by atoms with Gasteiger partial charge >= 0.3 is 0 Å². The van der Waals surface area contributed by atoms with E-state index in [1.165, 1.54) is 19.3 Å². The van der Waals surface area contributed by atoms with E-state index in [9.17, 15) is 0 Å². The van der Waals surface area contributed by atoms with E-state index in [1.54, 1.807) is 7.11 Å². The molecule has 80 valence electrons. The molecule has 0 fully saturated rings. The van der Waals surface area contributed by atoms with Crippen molar-refractivity contribution in [3.63, 3.8) is 0 Å². The van der Waals surface area contributed by atoms with Gasteiger partial charge in [0.15, 0.2) is 0 Å². The topological polar surface area (TPSA) is 21.3 Å². The first-order chi connectivity index (χ1) is 7.40. The second-order valence-corrected chi connectivity index (χ2v) is 3.81. The molecule has 1 aliphatic rings. The summed E-state index contributed by atoms with van der Waals surface area (Å²) in [6.45, 7) is 0. The van der Waals surface area contributed by atoms with E-state index in [-0.39, 0.29) is 0 Å². The van der Waals surface area contributed by atoms with Crippen LogP contribution in [0.5, 0.6) is 5.75 Å². The highest BCUT2D eigenvalue weighted by molar-refractivity contribution is 5.57. The van der Waals surface area contributed by atoms with Crippen molar-refractivity contribution in [1.82, 2.24) is 0 Å². The van der Waals surface area contributed by atoms with E-state index in [1.807, 2.05) is 18.2 Å².